The van der Waals surface area contributed by atoms with E-state index in [0.29, 0.717) is 24.8 Å². The summed E-state index contributed by atoms with van der Waals surface area (Å²) < 4.78 is 2.10. The number of pyridine rings is 1. The fourth-order valence-corrected chi connectivity index (χ4v) is 4.68. The van der Waals surface area contributed by atoms with Gasteiger partial charge in [-0.25, -0.2) is 4.98 Å². The van der Waals surface area contributed by atoms with Crippen LogP contribution in [0.15, 0.2) is 73.5 Å². The number of rotatable bonds is 8. The average Bonchev–Trinajstić information content (AvgIpc) is 3.19. The highest BCUT2D eigenvalue weighted by atomic mass is 16.2. The lowest BCUT2D eigenvalue weighted by Gasteiger charge is -2.37. The van der Waals surface area contributed by atoms with Crippen LogP contribution in [0.2, 0.25) is 0 Å². The molecule has 4 rings (SSSR count). The molecule has 0 fully saturated rings. The van der Waals surface area contributed by atoms with Gasteiger partial charge in [-0.3, -0.25) is 9.69 Å². The maximum atomic E-state index is 13.6. The van der Waals surface area contributed by atoms with Gasteiger partial charge in [0, 0.05) is 38.4 Å². The molecule has 3 aromatic rings. The van der Waals surface area contributed by atoms with Gasteiger partial charge in [-0.15, -0.1) is 6.58 Å². The normalized spacial score (nSPS) is 18.5. The Morgan fingerprint density at radius 1 is 1.24 bits per heavy atom. The molecule has 1 aliphatic heterocycles. The van der Waals surface area contributed by atoms with Gasteiger partial charge in [-0.2, -0.15) is 0 Å². The number of amides is 1. The number of likely N-dealkylation sites (N-methyl/N-ethyl adjacent to an activating group) is 1. The molecule has 2 aromatic heterocycles. The zero-order valence-corrected chi connectivity index (χ0v) is 19.9. The van der Waals surface area contributed by atoms with Gasteiger partial charge in [-0.1, -0.05) is 54.6 Å². The largest absolute Gasteiger partial charge is 0.340 e. The maximum absolute atomic E-state index is 13.6. The molecule has 33 heavy (non-hydrogen) atoms. The molecule has 1 aromatic carbocycles. The number of hydrogen-bond acceptors (Lipinski definition) is 3. The third-order valence-corrected chi connectivity index (χ3v) is 6.66. The van der Waals surface area contributed by atoms with Crippen molar-refractivity contribution in [1.29, 1.82) is 0 Å². The van der Waals surface area contributed by atoms with Gasteiger partial charge in [0.05, 0.1) is 5.69 Å². The van der Waals surface area contributed by atoms with Gasteiger partial charge in [0.15, 0.2) is 5.69 Å². The molecule has 0 radical (unpaired) electrons. The van der Waals surface area contributed by atoms with Crippen molar-refractivity contribution >= 4 is 11.6 Å². The van der Waals surface area contributed by atoms with Crippen LogP contribution < -0.4 is 0 Å². The first-order chi connectivity index (χ1) is 16.0. The SMILES string of the molecule is C=CC[C@H]1CC=C[C@H](C)N1Cc1c(C(=O)N(C)CCc2ccccc2)nc2c(C)cccn12. The van der Waals surface area contributed by atoms with Crippen molar-refractivity contribution in [3.8, 4) is 0 Å². The molecule has 0 N–H and O–H groups in total. The Morgan fingerprint density at radius 2 is 2.03 bits per heavy atom. The molecule has 172 valence electrons. The van der Waals surface area contributed by atoms with E-state index >= 15 is 0 Å². The third-order valence-electron chi connectivity index (χ3n) is 6.66. The second kappa shape index (κ2) is 10.2. The molecule has 0 saturated carbocycles. The summed E-state index contributed by atoms with van der Waals surface area (Å²) in [6, 6.07) is 15.0. The maximum Gasteiger partial charge on any atom is 0.274 e. The number of benzene rings is 1. The Hall–Kier alpha value is -3.18. The molecule has 3 heterocycles. The lowest BCUT2D eigenvalue weighted by atomic mass is 10.00. The van der Waals surface area contributed by atoms with Crippen molar-refractivity contribution in [2.75, 3.05) is 13.6 Å². The molecule has 0 bridgehead atoms. The Morgan fingerprint density at radius 3 is 2.79 bits per heavy atom. The van der Waals surface area contributed by atoms with Crippen LogP contribution in [0.3, 0.4) is 0 Å². The van der Waals surface area contributed by atoms with Crippen molar-refractivity contribution in [3.05, 3.63) is 96.0 Å². The number of fused-ring (bicyclic) bond motifs is 1. The van der Waals surface area contributed by atoms with E-state index in [0.717, 1.165) is 36.2 Å². The van der Waals surface area contributed by atoms with E-state index in [9.17, 15) is 4.79 Å². The first-order valence-electron chi connectivity index (χ1n) is 11.8. The van der Waals surface area contributed by atoms with Crippen LogP contribution in [0.1, 0.15) is 47.1 Å². The van der Waals surface area contributed by atoms with E-state index in [1.54, 1.807) is 4.90 Å². The first-order valence-corrected chi connectivity index (χ1v) is 11.8. The zero-order chi connectivity index (χ0) is 23.4. The second-order valence-corrected chi connectivity index (χ2v) is 9.01. The van der Waals surface area contributed by atoms with Crippen LogP contribution in [0.4, 0.5) is 0 Å². The highest BCUT2D eigenvalue weighted by Crippen LogP contribution is 2.26. The molecule has 0 unspecified atom stereocenters. The smallest absolute Gasteiger partial charge is 0.274 e. The highest BCUT2D eigenvalue weighted by Gasteiger charge is 2.29. The number of hydrogen-bond donors (Lipinski definition) is 0. The summed E-state index contributed by atoms with van der Waals surface area (Å²) in [5.41, 5.74) is 4.66. The summed E-state index contributed by atoms with van der Waals surface area (Å²) in [6.45, 7) is 9.54. The molecule has 2 atom stereocenters. The summed E-state index contributed by atoms with van der Waals surface area (Å²) in [7, 11) is 1.87. The summed E-state index contributed by atoms with van der Waals surface area (Å²) in [4.78, 5) is 22.7. The van der Waals surface area contributed by atoms with Gasteiger partial charge in [0.25, 0.3) is 5.91 Å². The number of carbonyl (C=O) groups excluding carboxylic acids is 1. The van der Waals surface area contributed by atoms with E-state index in [-0.39, 0.29) is 11.9 Å². The monoisotopic (exact) mass is 442 g/mol. The molecular weight excluding hydrogens is 408 g/mol. The molecule has 1 amide bonds. The Balaban J connectivity index is 1.65. The summed E-state index contributed by atoms with van der Waals surface area (Å²) >= 11 is 0. The van der Waals surface area contributed by atoms with Crippen LogP contribution in [-0.4, -0.2) is 50.8 Å². The Bertz CT molecular complexity index is 1150. The van der Waals surface area contributed by atoms with E-state index in [1.807, 2.05) is 56.6 Å². The molecule has 0 aliphatic carbocycles. The minimum atomic E-state index is -0.0236. The van der Waals surface area contributed by atoms with Crippen molar-refractivity contribution in [1.82, 2.24) is 19.2 Å². The summed E-state index contributed by atoms with van der Waals surface area (Å²) in [5, 5.41) is 0. The third kappa shape index (κ3) is 4.93. The predicted molar refractivity (Wildman–Crippen MR) is 134 cm³/mol. The van der Waals surface area contributed by atoms with Crippen LogP contribution in [0, 0.1) is 6.92 Å². The second-order valence-electron chi connectivity index (χ2n) is 9.01. The zero-order valence-electron chi connectivity index (χ0n) is 19.9. The quantitative estimate of drug-likeness (QED) is 0.458. The molecule has 5 heteroatoms. The molecule has 0 spiro atoms. The van der Waals surface area contributed by atoms with E-state index in [1.165, 1.54) is 5.56 Å². The van der Waals surface area contributed by atoms with Crippen LogP contribution in [0.25, 0.3) is 5.65 Å². The lowest BCUT2D eigenvalue weighted by Crippen LogP contribution is -2.43. The minimum Gasteiger partial charge on any atom is -0.340 e. The summed E-state index contributed by atoms with van der Waals surface area (Å²) in [5.74, 6) is -0.0236. The first kappa shape index (κ1) is 23.0. The van der Waals surface area contributed by atoms with Crippen molar-refractivity contribution < 1.29 is 4.79 Å². The van der Waals surface area contributed by atoms with Gasteiger partial charge in [-0.05, 0) is 50.3 Å². The predicted octanol–water partition coefficient (Wildman–Crippen LogP) is 5.05. The van der Waals surface area contributed by atoms with E-state index < -0.39 is 0 Å². The highest BCUT2D eigenvalue weighted by molar-refractivity contribution is 5.94. The minimum absolute atomic E-state index is 0.0236. The van der Waals surface area contributed by atoms with Gasteiger partial charge in [0.1, 0.15) is 5.65 Å². The van der Waals surface area contributed by atoms with Gasteiger partial charge >= 0.3 is 0 Å². The summed E-state index contributed by atoms with van der Waals surface area (Å²) in [6.07, 6.45) is 11.3. The van der Waals surface area contributed by atoms with Gasteiger partial charge in [0.2, 0.25) is 0 Å². The topological polar surface area (TPSA) is 40.9 Å². The van der Waals surface area contributed by atoms with Gasteiger partial charge < -0.3 is 9.30 Å². The number of aromatic nitrogens is 2. The van der Waals surface area contributed by atoms with Crippen molar-refractivity contribution in [2.45, 2.75) is 51.7 Å². The average molecular weight is 443 g/mol. The molecule has 5 nitrogen and oxygen atoms in total. The lowest BCUT2D eigenvalue weighted by molar-refractivity contribution is 0.0786. The number of aryl methyl sites for hydroxylation is 1. The molecular formula is C28H34N4O. The number of nitrogens with zero attached hydrogens (tertiary/aromatic N) is 4. The Labute approximate surface area is 197 Å². The van der Waals surface area contributed by atoms with Crippen molar-refractivity contribution in [3.63, 3.8) is 0 Å². The fraction of sp³-hybridized carbons (Fsp3) is 0.357. The van der Waals surface area contributed by atoms with Crippen LogP contribution in [0.5, 0.6) is 0 Å². The molecule has 1 aliphatic rings. The van der Waals surface area contributed by atoms with Crippen LogP contribution >= 0.6 is 0 Å². The molecule has 0 saturated heterocycles. The Kier molecular flexibility index (Phi) is 7.09. The van der Waals surface area contributed by atoms with E-state index in [2.05, 4.69) is 47.1 Å². The fourth-order valence-electron chi connectivity index (χ4n) is 4.68. The van der Waals surface area contributed by atoms with Crippen molar-refractivity contribution in [2.24, 2.45) is 0 Å². The standard InChI is InChI=1S/C28H34N4O/c1-5-11-24-16-9-13-22(3)32(24)20-25-26(29-27-21(2)12-10-18-31(25)27)28(33)30(4)19-17-23-14-7-6-8-15-23/h5-10,12-15,18,22,24H,1,11,16-17,19-20H2,2-4H3/t22-,24-/m0/s1. The van der Waals surface area contributed by atoms with Crippen LogP contribution in [-0.2, 0) is 13.0 Å². The van der Waals surface area contributed by atoms with E-state index in [4.69, 9.17) is 4.98 Å². The number of carbonyl (C=O) groups is 1. The number of imidazole rings is 1.